The zero-order chi connectivity index (χ0) is 14.3. The molecule has 1 saturated heterocycles. The lowest BCUT2D eigenvalue weighted by Gasteiger charge is -2.18. The van der Waals surface area contributed by atoms with Gasteiger partial charge in [0.25, 0.3) is 5.92 Å². The molecule has 1 aliphatic rings. The summed E-state index contributed by atoms with van der Waals surface area (Å²) in [6.45, 7) is -1.01. The van der Waals surface area contributed by atoms with Gasteiger partial charge < -0.3 is 10.5 Å². The van der Waals surface area contributed by atoms with Crippen LogP contribution in [0.5, 0.6) is 5.75 Å². The minimum atomic E-state index is -4.00. The maximum absolute atomic E-state index is 13.1. The Bertz CT molecular complexity index is 590. The van der Waals surface area contributed by atoms with E-state index >= 15 is 0 Å². The Morgan fingerprint density at radius 1 is 1.42 bits per heavy atom. The number of nitrogens with zero attached hydrogens (tertiary/aromatic N) is 1. The second-order valence-electron chi connectivity index (χ2n) is 4.35. The predicted molar refractivity (Wildman–Crippen MR) is 65.7 cm³/mol. The van der Waals surface area contributed by atoms with E-state index in [1.807, 2.05) is 0 Å². The third-order valence-electron chi connectivity index (χ3n) is 2.94. The van der Waals surface area contributed by atoms with E-state index in [0.29, 0.717) is 5.69 Å². The molecule has 19 heavy (non-hydrogen) atoms. The molecule has 2 N–H and O–H groups in total. The van der Waals surface area contributed by atoms with Crippen molar-refractivity contribution in [2.45, 2.75) is 17.2 Å². The molecule has 0 aliphatic carbocycles. The first-order chi connectivity index (χ1) is 8.76. The Morgan fingerprint density at radius 3 is 2.63 bits per heavy atom. The number of nitrogens with two attached hydrogens (primary N) is 1. The van der Waals surface area contributed by atoms with E-state index in [4.69, 9.17) is 10.5 Å². The molecule has 1 aromatic rings. The van der Waals surface area contributed by atoms with E-state index in [1.165, 1.54) is 25.3 Å². The van der Waals surface area contributed by atoms with Gasteiger partial charge in [-0.25, -0.2) is 17.2 Å². The summed E-state index contributed by atoms with van der Waals surface area (Å²) in [5.41, 5.74) is 5.87. The quantitative estimate of drug-likeness (QED) is 0.852. The summed E-state index contributed by atoms with van der Waals surface area (Å²) in [6.07, 6.45) is -0.469. The first kappa shape index (κ1) is 14.0. The topological polar surface area (TPSA) is 72.6 Å². The Labute approximate surface area is 110 Å². The van der Waals surface area contributed by atoms with Crippen molar-refractivity contribution in [1.82, 2.24) is 4.31 Å². The van der Waals surface area contributed by atoms with Gasteiger partial charge in [0.2, 0.25) is 10.0 Å². The first-order valence-electron chi connectivity index (χ1n) is 5.58. The highest BCUT2D eigenvalue weighted by molar-refractivity contribution is 7.89. The highest BCUT2D eigenvalue weighted by Crippen LogP contribution is 2.34. The summed E-state index contributed by atoms with van der Waals surface area (Å²) in [6, 6.07) is 4.00. The molecule has 0 amide bonds. The molecule has 0 atom stereocenters. The van der Waals surface area contributed by atoms with Crippen LogP contribution in [-0.4, -0.2) is 38.8 Å². The van der Waals surface area contributed by atoms with Gasteiger partial charge in [-0.05, 0) is 12.1 Å². The van der Waals surface area contributed by atoms with E-state index < -0.39 is 28.9 Å². The van der Waals surface area contributed by atoms with Crippen LogP contribution >= 0.6 is 0 Å². The second kappa shape index (κ2) is 4.61. The Morgan fingerprint density at radius 2 is 2.11 bits per heavy atom. The van der Waals surface area contributed by atoms with Gasteiger partial charge in [-0.3, -0.25) is 0 Å². The van der Waals surface area contributed by atoms with Crippen LogP contribution in [0.4, 0.5) is 14.5 Å². The smallest absolute Gasteiger partial charge is 0.262 e. The van der Waals surface area contributed by atoms with Crippen LogP contribution in [0.2, 0.25) is 0 Å². The van der Waals surface area contributed by atoms with Crippen LogP contribution in [0, 0.1) is 0 Å². The monoisotopic (exact) mass is 292 g/mol. The maximum Gasteiger partial charge on any atom is 0.262 e. The van der Waals surface area contributed by atoms with Gasteiger partial charge in [0.05, 0.1) is 13.7 Å². The lowest BCUT2D eigenvalue weighted by molar-refractivity contribution is 0.0183. The molecule has 8 heteroatoms. The van der Waals surface area contributed by atoms with E-state index in [0.717, 1.165) is 4.31 Å². The molecule has 0 spiro atoms. The molecular formula is C11H14F2N2O3S. The second-order valence-corrected chi connectivity index (χ2v) is 6.26. The fourth-order valence-corrected chi connectivity index (χ4v) is 3.55. The molecule has 1 fully saturated rings. The molecule has 0 unspecified atom stereocenters. The third-order valence-corrected chi connectivity index (χ3v) is 4.82. The number of nitrogen functional groups attached to an aromatic ring is 1. The maximum atomic E-state index is 13.1. The standard InChI is InChI=1S/C11H14F2N2O3S/c1-18-9-6-8(14)2-3-10(9)19(16,17)15-5-4-11(12,13)7-15/h2-3,6H,4-5,7,14H2,1H3. The average Bonchev–Trinajstić information content (AvgIpc) is 2.69. The zero-order valence-electron chi connectivity index (χ0n) is 10.3. The van der Waals surface area contributed by atoms with Crippen LogP contribution in [0.25, 0.3) is 0 Å². The first-order valence-corrected chi connectivity index (χ1v) is 7.02. The fourth-order valence-electron chi connectivity index (χ4n) is 1.95. The van der Waals surface area contributed by atoms with Crippen molar-refractivity contribution >= 4 is 15.7 Å². The molecule has 106 valence electrons. The van der Waals surface area contributed by atoms with E-state index in [1.54, 1.807) is 0 Å². The van der Waals surface area contributed by atoms with Crippen LogP contribution < -0.4 is 10.5 Å². The van der Waals surface area contributed by atoms with E-state index in [-0.39, 0.29) is 17.2 Å². The number of benzene rings is 1. The summed E-state index contributed by atoms with van der Waals surface area (Å²) < 4.78 is 56.5. The lowest BCUT2D eigenvalue weighted by Crippen LogP contribution is -2.31. The Hall–Kier alpha value is -1.41. The summed E-state index contributed by atoms with van der Waals surface area (Å²) in [4.78, 5) is -0.151. The summed E-state index contributed by atoms with van der Waals surface area (Å²) in [5.74, 6) is -2.93. The number of halogens is 2. The molecule has 0 aromatic heterocycles. The fraction of sp³-hybridized carbons (Fsp3) is 0.455. The molecule has 0 saturated carbocycles. The molecule has 0 radical (unpaired) electrons. The third kappa shape index (κ3) is 2.64. The summed E-state index contributed by atoms with van der Waals surface area (Å²) in [5, 5.41) is 0. The minimum absolute atomic E-state index is 0.0511. The molecule has 1 aromatic carbocycles. The van der Waals surface area contributed by atoms with Gasteiger partial charge in [0.15, 0.2) is 0 Å². The Balaban J connectivity index is 2.41. The number of hydrogen-bond acceptors (Lipinski definition) is 4. The molecule has 2 rings (SSSR count). The molecular weight excluding hydrogens is 278 g/mol. The Kier molecular flexibility index (Phi) is 3.40. The SMILES string of the molecule is COc1cc(N)ccc1S(=O)(=O)N1CCC(F)(F)C1. The van der Waals surface area contributed by atoms with Crippen molar-refractivity contribution in [3.63, 3.8) is 0 Å². The van der Waals surface area contributed by atoms with Crippen molar-refractivity contribution < 1.29 is 21.9 Å². The largest absolute Gasteiger partial charge is 0.495 e. The van der Waals surface area contributed by atoms with Crippen molar-refractivity contribution in [2.75, 3.05) is 25.9 Å². The molecule has 0 bridgehead atoms. The number of ether oxygens (including phenoxy) is 1. The molecule has 1 aliphatic heterocycles. The number of alkyl halides is 2. The van der Waals surface area contributed by atoms with E-state index in [9.17, 15) is 17.2 Å². The van der Waals surface area contributed by atoms with E-state index in [2.05, 4.69) is 0 Å². The highest BCUT2D eigenvalue weighted by atomic mass is 32.2. The number of sulfonamides is 1. The van der Waals surface area contributed by atoms with Crippen molar-refractivity contribution in [3.05, 3.63) is 18.2 Å². The van der Waals surface area contributed by atoms with Crippen LogP contribution in [0.15, 0.2) is 23.1 Å². The van der Waals surface area contributed by atoms with Crippen molar-refractivity contribution in [3.8, 4) is 5.75 Å². The number of methoxy groups -OCH3 is 1. The van der Waals surface area contributed by atoms with Gasteiger partial charge in [0, 0.05) is 24.7 Å². The van der Waals surface area contributed by atoms with Crippen molar-refractivity contribution in [1.29, 1.82) is 0 Å². The average molecular weight is 292 g/mol. The van der Waals surface area contributed by atoms with Gasteiger partial charge in [-0.2, -0.15) is 4.31 Å². The van der Waals surface area contributed by atoms with Gasteiger partial charge in [-0.15, -0.1) is 0 Å². The predicted octanol–water partition coefficient (Wildman–Crippen LogP) is 1.31. The summed E-state index contributed by atoms with van der Waals surface area (Å²) >= 11 is 0. The number of hydrogen-bond donors (Lipinski definition) is 1. The highest BCUT2D eigenvalue weighted by Gasteiger charge is 2.44. The number of rotatable bonds is 3. The number of anilines is 1. The molecule has 5 nitrogen and oxygen atoms in total. The zero-order valence-corrected chi connectivity index (χ0v) is 11.1. The van der Waals surface area contributed by atoms with Crippen LogP contribution in [-0.2, 0) is 10.0 Å². The van der Waals surface area contributed by atoms with Gasteiger partial charge in [0.1, 0.15) is 10.6 Å². The minimum Gasteiger partial charge on any atom is -0.495 e. The van der Waals surface area contributed by atoms with Gasteiger partial charge in [-0.1, -0.05) is 0 Å². The normalized spacial score (nSPS) is 19.5. The van der Waals surface area contributed by atoms with Crippen LogP contribution in [0.3, 0.4) is 0 Å². The summed E-state index contributed by atoms with van der Waals surface area (Å²) in [7, 11) is -2.70. The van der Waals surface area contributed by atoms with Gasteiger partial charge >= 0.3 is 0 Å². The van der Waals surface area contributed by atoms with Crippen LogP contribution in [0.1, 0.15) is 6.42 Å². The molecule has 1 heterocycles. The lowest BCUT2D eigenvalue weighted by atomic mass is 10.3. The van der Waals surface area contributed by atoms with Crippen molar-refractivity contribution in [2.24, 2.45) is 0 Å².